The second kappa shape index (κ2) is 6.77. The lowest BCUT2D eigenvalue weighted by atomic mass is 10.0. The highest BCUT2D eigenvalue weighted by Crippen LogP contribution is 2.07. The van der Waals surface area contributed by atoms with E-state index in [-0.39, 0.29) is 17.9 Å². The van der Waals surface area contributed by atoms with Gasteiger partial charge in [-0.25, -0.2) is 0 Å². The molecule has 0 aliphatic heterocycles. The van der Waals surface area contributed by atoms with Crippen molar-refractivity contribution >= 4 is 5.97 Å². The van der Waals surface area contributed by atoms with Gasteiger partial charge in [0.1, 0.15) is 6.04 Å². The molecule has 1 N–H and O–H groups in total. The van der Waals surface area contributed by atoms with Gasteiger partial charge in [0.2, 0.25) is 0 Å². The van der Waals surface area contributed by atoms with E-state index < -0.39 is 0 Å². The Morgan fingerprint density at radius 2 is 2.22 bits per heavy atom. The number of rotatable bonds is 5. The number of benzene rings is 1. The van der Waals surface area contributed by atoms with E-state index in [0.29, 0.717) is 12.1 Å². The molecule has 0 fully saturated rings. The molecule has 0 radical (unpaired) electrons. The normalized spacial score (nSPS) is 11.9. The molecule has 0 heterocycles. The number of hydrogen-bond donors (Lipinski definition) is 1. The first-order chi connectivity index (χ1) is 8.58. The van der Waals surface area contributed by atoms with Gasteiger partial charge in [-0.3, -0.25) is 4.79 Å². The van der Waals surface area contributed by atoms with E-state index in [2.05, 4.69) is 11.4 Å². The van der Waals surface area contributed by atoms with Gasteiger partial charge in [0.25, 0.3) is 0 Å². The first-order valence-corrected chi connectivity index (χ1v) is 5.88. The van der Waals surface area contributed by atoms with Crippen LogP contribution >= 0.6 is 0 Å². The van der Waals surface area contributed by atoms with Gasteiger partial charge in [0.15, 0.2) is 0 Å². The highest BCUT2D eigenvalue weighted by molar-refractivity contribution is 5.75. The molecule has 96 valence electrons. The molecule has 0 saturated carbocycles. The van der Waals surface area contributed by atoms with Crippen LogP contribution in [0.2, 0.25) is 0 Å². The second-order valence-corrected chi connectivity index (χ2v) is 4.44. The maximum Gasteiger partial charge on any atom is 0.323 e. The van der Waals surface area contributed by atoms with Gasteiger partial charge in [-0.15, -0.1) is 0 Å². The number of carbonyl (C=O) groups is 1. The number of nitrogens with zero attached hydrogens (tertiary/aromatic N) is 1. The van der Waals surface area contributed by atoms with Crippen LogP contribution in [0.5, 0.6) is 0 Å². The maximum absolute atomic E-state index is 11.6. The highest BCUT2D eigenvalue weighted by atomic mass is 16.5. The highest BCUT2D eigenvalue weighted by Gasteiger charge is 2.21. The Morgan fingerprint density at radius 3 is 2.78 bits per heavy atom. The van der Waals surface area contributed by atoms with Gasteiger partial charge in [-0.2, -0.15) is 5.26 Å². The van der Waals surface area contributed by atoms with Crippen molar-refractivity contribution in [1.29, 1.82) is 5.26 Å². The van der Waals surface area contributed by atoms with Gasteiger partial charge in [0.05, 0.1) is 18.7 Å². The smallest absolute Gasteiger partial charge is 0.323 e. The fourth-order valence-electron chi connectivity index (χ4n) is 1.70. The summed E-state index contributed by atoms with van der Waals surface area (Å²) >= 11 is 0. The zero-order valence-corrected chi connectivity index (χ0v) is 10.9. The minimum absolute atomic E-state index is 0.150. The van der Waals surface area contributed by atoms with Crippen LogP contribution in [0.4, 0.5) is 0 Å². The third-order valence-electron chi connectivity index (χ3n) is 2.70. The predicted octanol–water partition coefficient (Wildman–Crippen LogP) is 1.85. The van der Waals surface area contributed by atoms with Crippen molar-refractivity contribution in [1.82, 2.24) is 5.32 Å². The Hall–Kier alpha value is -1.86. The Morgan fingerprint density at radius 1 is 1.50 bits per heavy atom. The number of nitrogens with one attached hydrogen (secondary N) is 1. The van der Waals surface area contributed by atoms with Crippen LogP contribution in [-0.2, 0) is 16.1 Å². The standard InChI is InChI=1S/C14H18N2O2/c1-10(2)13(14(17)18-3)16-9-12-6-4-5-11(7-12)8-15/h4-7,10,13,16H,9H2,1-3H3. The Balaban J connectivity index is 2.67. The molecule has 4 nitrogen and oxygen atoms in total. The molecule has 18 heavy (non-hydrogen) atoms. The SMILES string of the molecule is COC(=O)C(NCc1cccc(C#N)c1)C(C)C. The van der Waals surface area contributed by atoms with E-state index >= 15 is 0 Å². The van der Waals surface area contributed by atoms with Crippen LogP contribution in [0.1, 0.15) is 25.0 Å². The first kappa shape index (κ1) is 14.2. The van der Waals surface area contributed by atoms with Crippen LogP contribution in [0, 0.1) is 17.2 Å². The van der Waals surface area contributed by atoms with Crippen LogP contribution in [0.25, 0.3) is 0 Å². The lowest BCUT2D eigenvalue weighted by Gasteiger charge is -2.19. The average Bonchev–Trinajstić information content (AvgIpc) is 2.38. The molecule has 0 aromatic heterocycles. The molecule has 0 saturated heterocycles. The van der Waals surface area contributed by atoms with Crippen LogP contribution < -0.4 is 5.32 Å². The fraction of sp³-hybridized carbons (Fsp3) is 0.429. The summed E-state index contributed by atoms with van der Waals surface area (Å²) in [5.41, 5.74) is 1.59. The number of nitriles is 1. The van der Waals surface area contributed by atoms with Crippen molar-refractivity contribution in [2.45, 2.75) is 26.4 Å². The van der Waals surface area contributed by atoms with Crippen LogP contribution in [0.3, 0.4) is 0 Å². The molecule has 0 spiro atoms. The molecule has 1 aromatic rings. The molecule has 0 amide bonds. The summed E-state index contributed by atoms with van der Waals surface area (Å²) in [7, 11) is 1.38. The Labute approximate surface area is 108 Å². The van der Waals surface area contributed by atoms with Crippen LogP contribution in [-0.4, -0.2) is 19.1 Å². The van der Waals surface area contributed by atoms with E-state index in [1.165, 1.54) is 7.11 Å². The van der Waals surface area contributed by atoms with E-state index in [1.54, 1.807) is 6.07 Å². The maximum atomic E-state index is 11.6. The van der Waals surface area contributed by atoms with E-state index in [9.17, 15) is 4.79 Å². The van der Waals surface area contributed by atoms with Crippen molar-refractivity contribution in [2.24, 2.45) is 5.92 Å². The van der Waals surface area contributed by atoms with Gasteiger partial charge in [0, 0.05) is 6.54 Å². The van der Waals surface area contributed by atoms with E-state index in [0.717, 1.165) is 5.56 Å². The Kier molecular flexibility index (Phi) is 5.34. The summed E-state index contributed by atoms with van der Waals surface area (Å²) in [5.74, 6) is -0.113. The number of hydrogen-bond acceptors (Lipinski definition) is 4. The average molecular weight is 246 g/mol. The molecule has 4 heteroatoms. The number of esters is 1. The van der Waals surface area contributed by atoms with Gasteiger partial charge in [-0.05, 0) is 23.6 Å². The van der Waals surface area contributed by atoms with Gasteiger partial charge in [-0.1, -0.05) is 26.0 Å². The van der Waals surface area contributed by atoms with Gasteiger partial charge < -0.3 is 10.1 Å². The summed E-state index contributed by atoms with van der Waals surface area (Å²) < 4.78 is 4.75. The summed E-state index contributed by atoms with van der Waals surface area (Å²) in [6.45, 7) is 4.45. The summed E-state index contributed by atoms with van der Waals surface area (Å²) in [5, 5.41) is 12.0. The molecule has 1 unspecified atom stereocenters. The summed E-state index contributed by atoms with van der Waals surface area (Å²) in [4.78, 5) is 11.6. The lowest BCUT2D eigenvalue weighted by molar-refractivity contribution is -0.144. The lowest BCUT2D eigenvalue weighted by Crippen LogP contribution is -2.41. The summed E-state index contributed by atoms with van der Waals surface area (Å²) in [6, 6.07) is 9.07. The Bertz CT molecular complexity index is 449. The van der Waals surface area contributed by atoms with Crippen molar-refractivity contribution in [3.63, 3.8) is 0 Å². The van der Waals surface area contributed by atoms with Crippen molar-refractivity contribution in [2.75, 3.05) is 7.11 Å². The molecular weight excluding hydrogens is 228 g/mol. The van der Waals surface area contributed by atoms with E-state index in [1.807, 2.05) is 32.0 Å². The number of methoxy groups -OCH3 is 1. The monoisotopic (exact) mass is 246 g/mol. The second-order valence-electron chi connectivity index (χ2n) is 4.44. The number of carbonyl (C=O) groups excluding carboxylic acids is 1. The number of ether oxygens (including phenoxy) is 1. The van der Waals surface area contributed by atoms with Crippen molar-refractivity contribution < 1.29 is 9.53 Å². The van der Waals surface area contributed by atoms with Crippen molar-refractivity contribution in [3.05, 3.63) is 35.4 Å². The molecular formula is C14H18N2O2. The zero-order valence-electron chi connectivity index (χ0n) is 10.9. The first-order valence-electron chi connectivity index (χ1n) is 5.88. The quantitative estimate of drug-likeness (QED) is 0.805. The topological polar surface area (TPSA) is 62.1 Å². The fourth-order valence-corrected chi connectivity index (χ4v) is 1.70. The predicted molar refractivity (Wildman–Crippen MR) is 68.6 cm³/mol. The minimum Gasteiger partial charge on any atom is -0.468 e. The third kappa shape index (κ3) is 3.86. The van der Waals surface area contributed by atoms with Crippen LogP contribution in [0.15, 0.2) is 24.3 Å². The third-order valence-corrected chi connectivity index (χ3v) is 2.70. The molecule has 0 bridgehead atoms. The van der Waals surface area contributed by atoms with Crippen molar-refractivity contribution in [3.8, 4) is 6.07 Å². The van der Waals surface area contributed by atoms with E-state index in [4.69, 9.17) is 10.00 Å². The molecule has 0 aliphatic carbocycles. The molecule has 1 rings (SSSR count). The summed E-state index contributed by atoms with van der Waals surface area (Å²) in [6.07, 6.45) is 0. The van der Waals surface area contributed by atoms with Gasteiger partial charge >= 0.3 is 5.97 Å². The zero-order chi connectivity index (χ0) is 13.5. The molecule has 0 aliphatic rings. The largest absolute Gasteiger partial charge is 0.468 e. The minimum atomic E-state index is -0.333. The molecule has 1 aromatic carbocycles. The molecule has 1 atom stereocenters.